The molecule has 3 heterocycles. The predicted molar refractivity (Wildman–Crippen MR) is 121 cm³/mol. The van der Waals surface area contributed by atoms with Crippen molar-refractivity contribution in [3.8, 4) is 0 Å². The molecule has 5 rings (SSSR count). The Labute approximate surface area is 182 Å². The van der Waals surface area contributed by atoms with Gasteiger partial charge in [0.1, 0.15) is 5.01 Å². The SMILES string of the molecule is O=C(Nc1cccc(C(=O)N2CCC[C@H]2c2nc3ccccc3s2)c1)c1cccs1. The molecule has 2 amide bonds. The van der Waals surface area contributed by atoms with Gasteiger partial charge in [0.15, 0.2) is 0 Å². The van der Waals surface area contributed by atoms with Gasteiger partial charge in [-0.2, -0.15) is 0 Å². The average molecular weight is 434 g/mol. The lowest BCUT2D eigenvalue weighted by atomic mass is 10.1. The number of benzene rings is 2. The van der Waals surface area contributed by atoms with E-state index in [1.807, 2.05) is 34.5 Å². The predicted octanol–water partition coefficient (Wildman–Crippen LogP) is 5.59. The summed E-state index contributed by atoms with van der Waals surface area (Å²) >= 11 is 3.05. The van der Waals surface area contributed by atoms with E-state index in [1.165, 1.54) is 11.3 Å². The Kier molecular flexibility index (Phi) is 5.06. The van der Waals surface area contributed by atoms with Crippen LogP contribution in [0.15, 0.2) is 66.0 Å². The number of carbonyl (C=O) groups excluding carboxylic acids is 2. The number of nitrogens with one attached hydrogen (secondary N) is 1. The third-order valence-electron chi connectivity index (χ3n) is 5.22. The van der Waals surface area contributed by atoms with Crippen molar-refractivity contribution in [3.05, 3.63) is 81.5 Å². The molecule has 30 heavy (non-hydrogen) atoms. The number of fused-ring (bicyclic) bond motifs is 1. The molecule has 2 aromatic carbocycles. The Balaban J connectivity index is 1.37. The minimum atomic E-state index is -0.164. The van der Waals surface area contributed by atoms with Crippen LogP contribution in [0, 0.1) is 0 Å². The Morgan fingerprint density at radius 3 is 2.80 bits per heavy atom. The van der Waals surface area contributed by atoms with Crippen molar-refractivity contribution in [2.75, 3.05) is 11.9 Å². The second-order valence-corrected chi connectivity index (χ2v) is 9.20. The van der Waals surface area contributed by atoms with Gasteiger partial charge in [0.2, 0.25) is 0 Å². The third-order valence-corrected chi connectivity index (χ3v) is 7.23. The number of rotatable bonds is 4. The smallest absolute Gasteiger partial charge is 0.265 e. The molecule has 0 unspecified atom stereocenters. The number of nitrogens with zero attached hydrogens (tertiary/aromatic N) is 2. The third kappa shape index (κ3) is 3.62. The molecule has 4 aromatic rings. The van der Waals surface area contributed by atoms with Crippen LogP contribution in [0.4, 0.5) is 5.69 Å². The number of para-hydroxylation sites is 1. The number of thiophene rings is 1. The maximum absolute atomic E-state index is 13.3. The van der Waals surface area contributed by atoms with Crippen LogP contribution in [0.25, 0.3) is 10.2 Å². The van der Waals surface area contributed by atoms with Gasteiger partial charge in [0.05, 0.1) is 21.1 Å². The fourth-order valence-electron chi connectivity index (χ4n) is 3.80. The van der Waals surface area contributed by atoms with Gasteiger partial charge in [-0.15, -0.1) is 22.7 Å². The molecule has 7 heteroatoms. The van der Waals surface area contributed by atoms with Gasteiger partial charge >= 0.3 is 0 Å². The van der Waals surface area contributed by atoms with E-state index in [1.54, 1.807) is 41.7 Å². The minimum Gasteiger partial charge on any atom is -0.329 e. The molecule has 0 radical (unpaired) electrons. The molecule has 1 saturated heterocycles. The molecule has 1 aliphatic heterocycles. The Morgan fingerprint density at radius 1 is 1.07 bits per heavy atom. The summed E-state index contributed by atoms with van der Waals surface area (Å²) < 4.78 is 1.14. The van der Waals surface area contributed by atoms with Crippen LogP contribution in [-0.2, 0) is 0 Å². The highest BCUT2D eigenvalue weighted by Crippen LogP contribution is 2.37. The van der Waals surface area contributed by atoms with E-state index in [-0.39, 0.29) is 17.9 Å². The van der Waals surface area contributed by atoms with Gasteiger partial charge in [-0.1, -0.05) is 24.3 Å². The van der Waals surface area contributed by atoms with Gasteiger partial charge in [-0.05, 0) is 54.6 Å². The number of aromatic nitrogens is 1. The molecular formula is C23H19N3O2S2. The second-order valence-electron chi connectivity index (χ2n) is 7.19. The summed E-state index contributed by atoms with van der Waals surface area (Å²) in [5, 5.41) is 5.74. The van der Waals surface area contributed by atoms with Crippen LogP contribution in [0.3, 0.4) is 0 Å². The van der Waals surface area contributed by atoms with Gasteiger partial charge in [0, 0.05) is 17.8 Å². The number of anilines is 1. The van der Waals surface area contributed by atoms with E-state index in [9.17, 15) is 9.59 Å². The largest absolute Gasteiger partial charge is 0.329 e. The van der Waals surface area contributed by atoms with Crippen LogP contribution >= 0.6 is 22.7 Å². The lowest BCUT2D eigenvalue weighted by molar-refractivity contribution is 0.0735. The van der Waals surface area contributed by atoms with Gasteiger partial charge in [-0.25, -0.2) is 4.98 Å². The van der Waals surface area contributed by atoms with Crippen molar-refractivity contribution < 1.29 is 9.59 Å². The molecule has 0 bridgehead atoms. The van der Waals surface area contributed by atoms with Gasteiger partial charge in [0.25, 0.3) is 11.8 Å². The molecule has 1 fully saturated rings. The van der Waals surface area contributed by atoms with Gasteiger partial charge in [-0.3, -0.25) is 9.59 Å². The molecule has 2 aromatic heterocycles. The molecule has 0 saturated carbocycles. The zero-order valence-corrected chi connectivity index (χ0v) is 17.7. The second kappa shape index (κ2) is 8.01. The van der Waals surface area contributed by atoms with E-state index in [2.05, 4.69) is 11.4 Å². The standard InChI is InChI=1S/C23H19N3O2S2/c27-21(20-11-5-13-29-20)24-16-7-3-6-15(14-16)23(28)26-12-4-9-18(26)22-25-17-8-1-2-10-19(17)30-22/h1-3,5-8,10-11,13-14,18H,4,9,12H2,(H,24,27)/t18-/m0/s1. The van der Waals surface area contributed by atoms with Crippen molar-refractivity contribution in [2.45, 2.75) is 18.9 Å². The van der Waals surface area contributed by atoms with Crippen molar-refractivity contribution >= 4 is 50.4 Å². The van der Waals surface area contributed by atoms with E-state index < -0.39 is 0 Å². The molecule has 0 spiro atoms. The molecule has 1 aliphatic rings. The fourth-order valence-corrected chi connectivity index (χ4v) is 5.53. The monoisotopic (exact) mass is 433 g/mol. The highest BCUT2D eigenvalue weighted by molar-refractivity contribution is 7.18. The Bertz CT molecular complexity index is 1180. The highest BCUT2D eigenvalue weighted by Gasteiger charge is 2.32. The summed E-state index contributed by atoms with van der Waals surface area (Å²) in [4.78, 5) is 33.0. The van der Waals surface area contributed by atoms with Gasteiger partial charge < -0.3 is 10.2 Å². The summed E-state index contributed by atoms with van der Waals surface area (Å²) in [7, 11) is 0. The molecule has 0 aliphatic carbocycles. The lowest BCUT2D eigenvalue weighted by Gasteiger charge is -2.23. The number of carbonyl (C=O) groups is 2. The Hall–Kier alpha value is -3.03. The summed E-state index contributed by atoms with van der Waals surface area (Å²) in [6.45, 7) is 0.713. The maximum atomic E-state index is 13.3. The number of amides is 2. The minimum absolute atomic E-state index is 0.000680. The topological polar surface area (TPSA) is 62.3 Å². The molecule has 1 N–H and O–H groups in total. The quantitative estimate of drug-likeness (QED) is 0.456. The maximum Gasteiger partial charge on any atom is 0.265 e. The van der Waals surface area contributed by atoms with Crippen LogP contribution in [0.5, 0.6) is 0 Å². The van der Waals surface area contributed by atoms with Crippen LogP contribution in [-0.4, -0.2) is 28.2 Å². The summed E-state index contributed by atoms with van der Waals surface area (Å²) in [6.07, 6.45) is 1.88. The van der Waals surface area contributed by atoms with E-state index in [0.717, 1.165) is 28.1 Å². The zero-order chi connectivity index (χ0) is 20.5. The first-order chi connectivity index (χ1) is 14.7. The first kappa shape index (κ1) is 19.0. The van der Waals surface area contributed by atoms with E-state index in [4.69, 9.17) is 4.98 Å². The zero-order valence-electron chi connectivity index (χ0n) is 16.1. The summed E-state index contributed by atoms with van der Waals surface area (Å²) in [5.74, 6) is -0.188. The van der Waals surface area contributed by atoms with Crippen molar-refractivity contribution in [3.63, 3.8) is 0 Å². The summed E-state index contributed by atoms with van der Waals surface area (Å²) in [5.41, 5.74) is 2.18. The summed E-state index contributed by atoms with van der Waals surface area (Å²) in [6, 6.07) is 18.9. The van der Waals surface area contributed by atoms with Crippen LogP contribution < -0.4 is 5.32 Å². The van der Waals surface area contributed by atoms with Crippen LogP contribution in [0.2, 0.25) is 0 Å². The Morgan fingerprint density at radius 2 is 1.97 bits per heavy atom. The number of hydrogen-bond donors (Lipinski definition) is 1. The molecule has 1 atom stereocenters. The van der Waals surface area contributed by atoms with Crippen LogP contribution in [0.1, 0.15) is 43.9 Å². The molecular weight excluding hydrogens is 414 g/mol. The van der Waals surface area contributed by atoms with Crippen molar-refractivity contribution in [2.24, 2.45) is 0 Å². The number of likely N-dealkylation sites (tertiary alicyclic amines) is 1. The number of hydrogen-bond acceptors (Lipinski definition) is 5. The lowest BCUT2D eigenvalue weighted by Crippen LogP contribution is -2.30. The molecule has 150 valence electrons. The number of thiazole rings is 1. The first-order valence-corrected chi connectivity index (χ1v) is 11.5. The van der Waals surface area contributed by atoms with E-state index >= 15 is 0 Å². The van der Waals surface area contributed by atoms with Crippen molar-refractivity contribution in [1.29, 1.82) is 0 Å². The highest BCUT2D eigenvalue weighted by atomic mass is 32.1. The first-order valence-electron chi connectivity index (χ1n) is 9.80. The average Bonchev–Trinajstić information content (AvgIpc) is 3.53. The van der Waals surface area contributed by atoms with Crippen molar-refractivity contribution in [1.82, 2.24) is 9.88 Å². The fraction of sp³-hybridized carbons (Fsp3) is 0.174. The molecule has 5 nitrogen and oxygen atoms in total. The normalized spacial score (nSPS) is 16.1. The van der Waals surface area contributed by atoms with E-state index in [0.29, 0.717) is 22.7 Å².